The molecule has 37 heavy (non-hydrogen) atoms. The molecule has 1 fully saturated rings. The first-order valence-electron chi connectivity index (χ1n) is 10.8. The summed E-state index contributed by atoms with van der Waals surface area (Å²) in [5.74, 6) is -4.35. The average Bonchev–Trinajstić information content (AvgIpc) is 3.21. The van der Waals surface area contributed by atoms with Crippen LogP contribution in [0.1, 0.15) is 47.2 Å². The molecule has 2 rings (SSSR count). The zero-order chi connectivity index (χ0) is 28.1. The molecule has 0 aromatic carbocycles. The molecule has 16 heteroatoms. The van der Waals surface area contributed by atoms with Gasteiger partial charge in [-0.05, 0) is 41.5 Å². The number of thiazole rings is 1. The second kappa shape index (κ2) is 11.5. The van der Waals surface area contributed by atoms with Crippen LogP contribution >= 0.6 is 11.3 Å². The molecule has 1 aromatic heterocycles. The summed E-state index contributed by atoms with van der Waals surface area (Å²) >= 11 is 0.998. The number of nitrogens with zero attached hydrogens (tertiary/aromatic N) is 2. The van der Waals surface area contributed by atoms with Crippen LogP contribution in [-0.4, -0.2) is 76.3 Å². The Hall–Kier alpha value is -3.79. The Morgan fingerprint density at radius 1 is 1.24 bits per heavy atom. The number of aliphatic carboxylic acids is 1. The van der Waals surface area contributed by atoms with E-state index in [0.29, 0.717) is 0 Å². The fraction of sp³-hybridized carbons (Fsp3) is 0.571. The van der Waals surface area contributed by atoms with E-state index in [1.807, 2.05) is 0 Å². The SMILES string of the molecule is CC(O[C@@H]1NC(=O)[C@H]1NC(=O)/C(=N\OC(C)(C)C(=O)O)c1csc(N)n1)C(=O)OCOC(=O)C(C)(C)C. The lowest BCUT2D eigenvalue weighted by Crippen LogP contribution is -2.71. The number of anilines is 1. The third-order valence-electron chi connectivity index (χ3n) is 4.70. The van der Waals surface area contributed by atoms with E-state index in [0.717, 1.165) is 11.3 Å². The van der Waals surface area contributed by atoms with Gasteiger partial charge in [0.1, 0.15) is 5.69 Å². The molecule has 1 aliphatic heterocycles. The van der Waals surface area contributed by atoms with Crippen molar-refractivity contribution in [2.45, 2.75) is 65.5 Å². The lowest BCUT2D eigenvalue weighted by molar-refractivity contribution is -0.186. The van der Waals surface area contributed by atoms with Crippen LogP contribution in [0.4, 0.5) is 5.13 Å². The lowest BCUT2D eigenvalue weighted by Gasteiger charge is -2.37. The molecular weight excluding hydrogens is 514 g/mol. The number of nitrogen functional groups attached to an aromatic ring is 1. The van der Waals surface area contributed by atoms with E-state index in [1.165, 1.54) is 26.2 Å². The van der Waals surface area contributed by atoms with Crippen LogP contribution in [-0.2, 0) is 43.0 Å². The van der Waals surface area contributed by atoms with Crippen molar-refractivity contribution in [2.75, 3.05) is 12.5 Å². The third-order valence-corrected chi connectivity index (χ3v) is 5.38. The maximum atomic E-state index is 12.9. The van der Waals surface area contributed by atoms with Crippen LogP contribution in [0.15, 0.2) is 10.5 Å². The van der Waals surface area contributed by atoms with E-state index < -0.39 is 71.6 Å². The van der Waals surface area contributed by atoms with Crippen molar-refractivity contribution in [3.8, 4) is 0 Å². The first kappa shape index (κ1) is 29.4. The maximum Gasteiger partial charge on any atom is 0.350 e. The van der Waals surface area contributed by atoms with Crippen molar-refractivity contribution in [1.82, 2.24) is 15.6 Å². The van der Waals surface area contributed by atoms with Crippen LogP contribution in [0.3, 0.4) is 0 Å². The zero-order valence-electron chi connectivity index (χ0n) is 21.0. The lowest BCUT2D eigenvalue weighted by atomic mass is 9.98. The second-order valence-electron chi connectivity index (χ2n) is 9.34. The largest absolute Gasteiger partial charge is 0.478 e. The van der Waals surface area contributed by atoms with E-state index in [2.05, 4.69) is 20.8 Å². The molecule has 0 radical (unpaired) electrons. The number of ether oxygens (including phenoxy) is 3. The maximum absolute atomic E-state index is 12.9. The number of carboxylic acids is 1. The standard InChI is InChI=1S/C21H29N5O10S/c1-9(16(29)33-8-34-18(32)20(2,3)4)35-15-12(14(28)25-15)24-13(27)11(10-7-37-19(22)23-10)26-36-21(5,6)17(30)31/h7,9,12,15H,8H2,1-6H3,(H2,22,23)(H,24,27)(H,25,28)(H,30,31)/b26-11-/t9?,12-,15+/m1/s1. The van der Waals surface area contributed by atoms with E-state index in [9.17, 15) is 29.1 Å². The Balaban J connectivity index is 2.03. The smallest absolute Gasteiger partial charge is 0.350 e. The average molecular weight is 544 g/mol. The van der Waals surface area contributed by atoms with Gasteiger partial charge in [0.05, 0.1) is 5.41 Å². The van der Waals surface area contributed by atoms with E-state index in [-0.39, 0.29) is 10.8 Å². The highest BCUT2D eigenvalue weighted by Gasteiger charge is 2.44. The monoisotopic (exact) mass is 543 g/mol. The van der Waals surface area contributed by atoms with Gasteiger partial charge in [0.15, 0.2) is 29.2 Å². The van der Waals surface area contributed by atoms with Gasteiger partial charge in [-0.1, -0.05) is 5.16 Å². The van der Waals surface area contributed by atoms with E-state index in [1.54, 1.807) is 20.8 Å². The summed E-state index contributed by atoms with van der Waals surface area (Å²) in [4.78, 5) is 69.1. The van der Waals surface area contributed by atoms with E-state index in [4.69, 9.17) is 24.8 Å². The Kier molecular flexibility index (Phi) is 9.16. The Morgan fingerprint density at radius 3 is 2.41 bits per heavy atom. The van der Waals surface area contributed by atoms with E-state index >= 15 is 0 Å². The number of carbonyl (C=O) groups is 5. The number of amides is 2. The number of hydrogen-bond acceptors (Lipinski definition) is 13. The molecule has 0 aliphatic carbocycles. The number of carbonyl (C=O) groups excluding carboxylic acids is 4. The quantitative estimate of drug-likeness (QED) is 0.0933. The van der Waals surface area contributed by atoms with Gasteiger partial charge < -0.3 is 40.5 Å². The molecule has 1 unspecified atom stereocenters. The minimum Gasteiger partial charge on any atom is -0.478 e. The minimum atomic E-state index is -1.77. The number of esters is 2. The predicted molar refractivity (Wildman–Crippen MR) is 127 cm³/mol. The van der Waals surface area contributed by atoms with Crippen molar-refractivity contribution >= 4 is 51.9 Å². The van der Waals surface area contributed by atoms with Gasteiger partial charge in [-0.25, -0.2) is 14.6 Å². The molecule has 1 aromatic rings. The molecule has 2 heterocycles. The number of aromatic nitrogens is 1. The first-order valence-corrected chi connectivity index (χ1v) is 11.7. The second-order valence-corrected chi connectivity index (χ2v) is 10.2. The molecule has 3 atom stereocenters. The molecule has 15 nitrogen and oxygen atoms in total. The number of oxime groups is 1. The van der Waals surface area contributed by atoms with Crippen molar-refractivity contribution in [2.24, 2.45) is 10.6 Å². The van der Waals surface area contributed by atoms with Gasteiger partial charge in [0.2, 0.25) is 18.3 Å². The van der Waals surface area contributed by atoms with Gasteiger partial charge in [-0.15, -0.1) is 11.3 Å². The van der Waals surface area contributed by atoms with Crippen LogP contribution < -0.4 is 16.4 Å². The summed E-state index contributed by atoms with van der Waals surface area (Å²) < 4.78 is 15.2. The molecular formula is C21H29N5O10S. The van der Waals surface area contributed by atoms with Gasteiger partial charge in [-0.3, -0.25) is 14.4 Å². The molecule has 0 saturated carbocycles. The highest BCUT2D eigenvalue weighted by atomic mass is 32.1. The normalized spacial score (nSPS) is 18.6. The summed E-state index contributed by atoms with van der Waals surface area (Å²) in [5.41, 5.74) is 2.61. The summed E-state index contributed by atoms with van der Waals surface area (Å²) in [5, 5.41) is 19.1. The molecule has 204 valence electrons. The summed E-state index contributed by atoms with van der Waals surface area (Å²) in [6.07, 6.45) is -2.32. The zero-order valence-corrected chi connectivity index (χ0v) is 21.8. The van der Waals surface area contributed by atoms with Crippen LogP contribution in [0, 0.1) is 5.41 Å². The van der Waals surface area contributed by atoms with Crippen molar-refractivity contribution in [1.29, 1.82) is 0 Å². The molecule has 2 amide bonds. The Morgan fingerprint density at radius 2 is 1.89 bits per heavy atom. The summed E-state index contributed by atoms with van der Waals surface area (Å²) in [7, 11) is 0. The van der Waals surface area contributed by atoms with Crippen LogP contribution in [0.25, 0.3) is 0 Å². The van der Waals surface area contributed by atoms with Crippen molar-refractivity contribution in [3.05, 3.63) is 11.1 Å². The van der Waals surface area contributed by atoms with Crippen LogP contribution in [0.5, 0.6) is 0 Å². The molecule has 5 N–H and O–H groups in total. The number of carboxylic acid groups (broad SMARTS) is 1. The van der Waals surface area contributed by atoms with Crippen LogP contribution in [0.2, 0.25) is 0 Å². The number of hydrogen-bond donors (Lipinski definition) is 4. The predicted octanol–water partition coefficient (Wildman–Crippen LogP) is -0.255. The van der Waals surface area contributed by atoms with Gasteiger partial charge in [0, 0.05) is 5.38 Å². The highest BCUT2D eigenvalue weighted by molar-refractivity contribution is 7.13. The minimum absolute atomic E-state index is 0.0138. The Labute approximate surface area is 215 Å². The third kappa shape index (κ3) is 7.85. The van der Waals surface area contributed by atoms with Crippen molar-refractivity contribution < 1.29 is 48.1 Å². The van der Waals surface area contributed by atoms with Crippen molar-refractivity contribution in [3.63, 3.8) is 0 Å². The van der Waals surface area contributed by atoms with Gasteiger partial charge >= 0.3 is 17.9 Å². The molecule has 1 aliphatic rings. The Bertz CT molecular complexity index is 1090. The number of rotatable bonds is 11. The molecule has 1 saturated heterocycles. The number of nitrogens with one attached hydrogen (secondary N) is 2. The number of nitrogens with two attached hydrogens (primary N) is 1. The summed E-state index contributed by atoms with van der Waals surface area (Å²) in [6.45, 7) is 8.06. The first-order chi connectivity index (χ1) is 17.0. The summed E-state index contributed by atoms with van der Waals surface area (Å²) in [6, 6.07) is -1.24. The molecule has 0 bridgehead atoms. The van der Waals surface area contributed by atoms with Gasteiger partial charge in [-0.2, -0.15) is 0 Å². The fourth-order valence-corrected chi connectivity index (χ4v) is 2.92. The fourth-order valence-electron chi connectivity index (χ4n) is 2.37. The molecule has 0 spiro atoms. The van der Waals surface area contributed by atoms with Gasteiger partial charge in [0.25, 0.3) is 5.91 Å². The topological polar surface area (TPSA) is 218 Å². The highest BCUT2D eigenvalue weighted by Crippen LogP contribution is 2.18. The number of β-lactam (4-membered cyclic amide) rings is 1.